The first-order valence-corrected chi connectivity index (χ1v) is 11.8. The highest BCUT2D eigenvalue weighted by Gasteiger charge is 2.46. The number of hydrogen-bond donors (Lipinski definition) is 1. The molecule has 9 heteroatoms. The van der Waals surface area contributed by atoms with Gasteiger partial charge in [-0.3, -0.25) is 9.36 Å². The molecule has 8 nitrogen and oxygen atoms in total. The molecular weight excluding hydrogens is 378 g/mol. The van der Waals surface area contributed by atoms with E-state index < -0.39 is 10.0 Å². The molecule has 2 aromatic heterocycles. The largest absolute Gasteiger partial charge is 0.351 e. The van der Waals surface area contributed by atoms with E-state index in [1.54, 1.807) is 18.3 Å². The second-order valence-corrected chi connectivity index (χ2v) is 10.5. The lowest BCUT2D eigenvalue weighted by atomic mass is 10.1. The maximum Gasteiger partial charge on any atom is 0.252 e. The summed E-state index contributed by atoms with van der Waals surface area (Å²) in [5.74, 6) is 2.08. The van der Waals surface area contributed by atoms with E-state index in [2.05, 4.69) is 10.3 Å². The monoisotopic (exact) mass is 403 g/mol. The number of anilines is 1. The molecule has 1 saturated heterocycles. The van der Waals surface area contributed by atoms with E-state index in [0.29, 0.717) is 37.5 Å². The summed E-state index contributed by atoms with van der Waals surface area (Å²) in [6.45, 7) is 0.999. The summed E-state index contributed by atoms with van der Waals surface area (Å²) in [6, 6.07) is 3.76. The molecule has 0 spiro atoms. The van der Waals surface area contributed by atoms with Crippen LogP contribution < -0.4 is 10.9 Å². The molecule has 150 valence electrons. The van der Waals surface area contributed by atoms with Crippen molar-refractivity contribution in [1.29, 1.82) is 0 Å². The fraction of sp³-hybridized carbons (Fsp3) is 0.632. The quantitative estimate of drug-likeness (QED) is 0.833. The minimum atomic E-state index is -3.14. The molecule has 28 heavy (non-hydrogen) atoms. The average molecular weight is 404 g/mol. The number of hydrogen-bond acceptors (Lipinski definition) is 6. The molecule has 2 aromatic rings. The lowest BCUT2D eigenvalue weighted by molar-refractivity contribution is 0.331. The molecule has 3 aliphatic rings. The summed E-state index contributed by atoms with van der Waals surface area (Å²) in [7, 11) is -3.14. The Bertz CT molecular complexity index is 1060. The van der Waals surface area contributed by atoms with Gasteiger partial charge < -0.3 is 5.32 Å². The highest BCUT2D eigenvalue weighted by atomic mass is 32.2. The second-order valence-electron chi connectivity index (χ2n) is 8.48. The maximum atomic E-state index is 12.6. The van der Waals surface area contributed by atoms with Crippen molar-refractivity contribution in [3.05, 3.63) is 28.7 Å². The van der Waals surface area contributed by atoms with Gasteiger partial charge in [0.25, 0.3) is 5.56 Å². The molecule has 0 radical (unpaired) electrons. The van der Waals surface area contributed by atoms with Crippen molar-refractivity contribution >= 4 is 27.0 Å². The van der Waals surface area contributed by atoms with Crippen LogP contribution in [0.1, 0.15) is 38.1 Å². The summed E-state index contributed by atoms with van der Waals surface area (Å²) >= 11 is 0. The summed E-state index contributed by atoms with van der Waals surface area (Å²) in [5.41, 5.74) is 0.704. The number of aromatic nitrogens is 3. The lowest BCUT2D eigenvalue weighted by Crippen LogP contribution is -2.42. The molecular formula is C19H25N5O3S. The van der Waals surface area contributed by atoms with Crippen LogP contribution in [-0.4, -0.2) is 52.6 Å². The van der Waals surface area contributed by atoms with E-state index in [1.807, 2.05) is 4.57 Å². The molecule has 2 atom stereocenters. The van der Waals surface area contributed by atoms with Crippen LogP contribution in [0.3, 0.4) is 0 Å². The lowest BCUT2D eigenvalue weighted by Gasteiger charge is -2.30. The van der Waals surface area contributed by atoms with Crippen molar-refractivity contribution < 1.29 is 8.42 Å². The Morgan fingerprint density at radius 2 is 1.82 bits per heavy atom. The molecule has 3 heterocycles. The standard InChI is InChI=1S/C19H25N5O3S/c1-28(26,27)23-6-4-15(5-7-23)21-19-20-11-12-2-3-17(25)24(18(12)22-19)16-9-13-8-14(13)10-16/h2-3,11,13-16H,4-10H2,1H3,(H,20,21,22). The minimum absolute atomic E-state index is 0.00455. The van der Waals surface area contributed by atoms with Crippen LogP contribution in [0.4, 0.5) is 5.95 Å². The van der Waals surface area contributed by atoms with Crippen molar-refractivity contribution in [3.63, 3.8) is 0 Å². The number of fused-ring (bicyclic) bond motifs is 2. The molecule has 0 aromatic carbocycles. The number of nitrogens with one attached hydrogen (secondary N) is 1. The van der Waals surface area contributed by atoms with E-state index in [4.69, 9.17) is 4.98 Å². The fourth-order valence-corrected chi connectivity index (χ4v) is 5.74. The van der Waals surface area contributed by atoms with Gasteiger partial charge in [0.1, 0.15) is 5.65 Å². The van der Waals surface area contributed by atoms with Crippen molar-refractivity contribution in [2.24, 2.45) is 11.8 Å². The van der Waals surface area contributed by atoms with Gasteiger partial charge in [-0.25, -0.2) is 17.7 Å². The SMILES string of the molecule is CS(=O)(=O)N1CCC(Nc2ncc3ccc(=O)n(C4CC5CC5C4)c3n2)CC1. The molecule has 1 N–H and O–H groups in total. The van der Waals surface area contributed by atoms with Gasteiger partial charge in [-0.2, -0.15) is 4.98 Å². The highest BCUT2D eigenvalue weighted by Crippen LogP contribution is 2.55. The number of rotatable bonds is 4. The van der Waals surface area contributed by atoms with Gasteiger partial charge >= 0.3 is 0 Å². The van der Waals surface area contributed by atoms with Crippen LogP contribution in [-0.2, 0) is 10.0 Å². The topological polar surface area (TPSA) is 97.2 Å². The Hall–Kier alpha value is -2.00. The Morgan fingerprint density at radius 1 is 1.11 bits per heavy atom. The van der Waals surface area contributed by atoms with E-state index in [0.717, 1.165) is 30.1 Å². The Balaban J connectivity index is 1.38. The van der Waals surface area contributed by atoms with Gasteiger partial charge in [-0.05, 0) is 50.0 Å². The van der Waals surface area contributed by atoms with Crippen LogP contribution in [0.5, 0.6) is 0 Å². The molecule has 3 fully saturated rings. The normalized spacial score (nSPS) is 28.4. The van der Waals surface area contributed by atoms with Gasteiger partial charge in [0.2, 0.25) is 16.0 Å². The third-order valence-corrected chi connectivity index (χ3v) is 7.81. The molecule has 0 bridgehead atoms. The van der Waals surface area contributed by atoms with Crippen LogP contribution in [0.2, 0.25) is 0 Å². The third-order valence-electron chi connectivity index (χ3n) is 6.51. The van der Waals surface area contributed by atoms with E-state index in [-0.39, 0.29) is 17.6 Å². The van der Waals surface area contributed by atoms with Crippen LogP contribution in [0, 0.1) is 11.8 Å². The smallest absolute Gasteiger partial charge is 0.252 e. The molecule has 2 unspecified atom stereocenters. The summed E-state index contributed by atoms with van der Waals surface area (Å²) in [4.78, 5) is 21.7. The summed E-state index contributed by atoms with van der Waals surface area (Å²) in [5, 5.41) is 4.21. The minimum Gasteiger partial charge on any atom is -0.351 e. The zero-order chi connectivity index (χ0) is 19.5. The van der Waals surface area contributed by atoms with Crippen LogP contribution in [0.15, 0.2) is 23.1 Å². The first-order chi connectivity index (χ1) is 13.4. The molecule has 2 aliphatic carbocycles. The Kier molecular flexibility index (Phi) is 4.20. The molecule has 0 amide bonds. The predicted molar refractivity (Wildman–Crippen MR) is 107 cm³/mol. The van der Waals surface area contributed by atoms with Crippen molar-refractivity contribution in [2.45, 2.75) is 44.2 Å². The van der Waals surface area contributed by atoms with Crippen LogP contribution >= 0.6 is 0 Å². The van der Waals surface area contributed by atoms with Crippen molar-refractivity contribution in [1.82, 2.24) is 18.8 Å². The van der Waals surface area contributed by atoms with Gasteiger partial charge in [-0.15, -0.1) is 0 Å². The highest BCUT2D eigenvalue weighted by molar-refractivity contribution is 7.88. The van der Waals surface area contributed by atoms with E-state index in [1.165, 1.54) is 17.0 Å². The first-order valence-electron chi connectivity index (χ1n) is 9.98. The van der Waals surface area contributed by atoms with Crippen molar-refractivity contribution in [2.75, 3.05) is 24.7 Å². The first kappa shape index (κ1) is 18.1. The van der Waals surface area contributed by atoms with Gasteiger partial charge in [0.05, 0.1) is 6.26 Å². The molecule has 1 aliphatic heterocycles. The van der Waals surface area contributed by atoms with Crippen LogP contribution in [0.25, 0.3) is 11.0 Å². The summed E-state index contributed by atoms with van der Waals surface area (Å²) in [6.07, 6.45) is 7.89. The van der Waals surface area contributed by atoms with Gasteiger partial charge in [0, 0.05) is 42.8 Å². The predicted octanol–water partition coefficient (Wildman–Crippen LogP) is 1.60. The number of sulfonamides is 1. The van der Waals surface area contributed by atoms with Gasteiger partial charge in [-0.1, -0.05) is 0 Å². The zero-order valence-electron chi connectivity index (χ0n) is 15.9. The Morgan fingerprint density at radius 3 is 2.50 bits per heavy atom. The van der Waals surface area contributed by atoms with E-state index in [9.17, 15) is 13.2 Å². The fourth-order valence-electron chi connectivity index (χ4n) is 4.87. The molecule has 2 saturated carbocycles. The number of pyridine rings is 1. The molecule has 5 rings (SSSR count). The van der Waals surface area contributed by atoms with E-state index >= 15 is 0 Å². The number of piperidine rings is 1. The summed E-state index contributed by atoms with van der Waals surface area (Å²) < 4.78 is 26.7. The maximum absolute atomic E-state index is 12.6. The van der Waals surface area contributed by atoms with Crippen molar-refractivity contribution in [3.8, 4) is 0 Å². The number of nitrogens with zero attached hydrogens (tertiary/aromatic N) is 4. The second kappa shape index (κ2) is 6.52. The third kappa shape index (κ3) is 3.30. The zero-order valence-corrected chi connectivity index (χ0v) is 16.7. The average Bonchev–Trinajstić information content (AvgIpc) is 3.27. The Labute approximate surface area is 164 Å². The van der Waals surface area contributed by atoms with Gasteiger partial charge in [0.15, 0.2) is 0 Å².